The Labute approximate surface area is 194 Å². The van der Waals surface area contributed by atoms with Gasteiger partial charge in [0.25, 0.3) is 0 Å². The molecule has 0 bridgehead atoms. The minimum Gasteiger partial charge on any atom is -0.353 e. The third kappa shape index (κ3) is 24.2. The van der Waals surface area contributed by atoms with Gasteiger partial charge in [-0.05, 0) is 51.4 Å². The van der Waals surface area contributed by atoms with Crippen molar-refractivity contribution in [3.05, 3.63) is 12.2 Å². The summed E-state index contributed by atoms with van der Waals surface area (Å²) in [5, 5.41) is 0. The Kier molecular flexibility index (Phi) is 26.9. The fraction of sp³-hybridized carbons (Fsp3) is 0.926. The van der Waals surface area contributed by atoms with Crippen molar-refractivity contribution in [2.45, 2.75) is 142 Å². The summed E-state index contributed by atoms with van der Waals surface area (Å²) in [7, 11) is 0. The number of alkyl halides is 1. The molecular weight excluding hydrogens is 392 g/mol. The number of rotatable bonds is 25. The van der Waals surface area contributed by atoms with E-state index < -0.39 is 0 Å². The highest BCUT2D eigenvalue weighted by atomic mass is 35.5. The summed E-state index contributed by atoms with van der Waals surface area (Å²) in [6.07, 6.45) is 28.5. The molecule has 0 rings (SSSR count). The molecule has 0 fully saturated rings. The Morgan fingerprint density at radius 3 is 1.57 bits per heavy atom. The predicted octanol–water partition coefficient (Wildman–Crippen LogP) is 9.59. The maximum atomic E-state index is 6.12. The van der Waals surface area contributed by atoms with Gasteiger partial charge in [0.2, 0.25) is 0 Å². The van der Waals surface area contributed by atoms with Crippen LogP contribution in [0.2, 0.25) is 0 Å². The largest absolute Gasteiger partial charge is 0.353 e. The van der Waals surface area contributed by atoms with Crippen LogP contribution < -0.4 is 0 Å². The van der Waals surface area contributed by atoms with E-state index in [0.29, 0.717) is 0 Å². The van der Waals surface area contributed by atoms with Crippen molar-refractivity contribution in [2.75, 3.05) is 19.1 Å². The lowest BCUT2D eigenvalue weighted by molar-refractivity contribution is -0.148. The molecule has 0 saturated heterocycles. The molecule has 0 unspecified atom stereocenters. The second-order valence-corrected chi connectivity index (χ2v) is 9.03. The molecule has 0 aromatic heterocycles. The van der Waals surface area contributed by atoms with E-state index >= 15 is 0 Å². The van der Waals surface area contributed by atoms with Crippen LogP contribution in [0.25, 0.3) is 0 Å². The van der Waals surface area contributed by atoms with Crippen LogP contribution in [-0.4, -0.2) is 25.4 Å². The first-order valence-electron chi connectivity index (χ1n) is 13.3. The smallest absolute Gasteiger partial charge is 0.157 e. The number of halogens is 1. The van der Waals surface area contributed by atoms with E-state index in [1.165, 1.54) is 103 Å². The van der Waals surface area contributed by atoms with E-state index in [9.17, 15) is 0 Å². The maximum absolute atomic E-state index is 6.12. The molecule has 0 amide bonds. The number of unbranched alkanes of at least 4 members (excludes halogenated alkanes) is 14. The van der Waals surface area contributed by atoms with Crippen LogP contribution in [0.5, 0.6) is 0 Å². The van der Waals surface area contributed by atoms with Gasteiger partial charge in [0, 0.05) is 19.1 Å². The number of hydrogen-bond acceptors (Lipinski definition) is 2. The SMILES string of the molecule is CCCCCCCCOC(CCCCC/C=C\CCCCl)OCCCCCCCC. The lowest BCUT2D eigenvalue weighted by Gasteiger charge is -2.19. The lowest BCUT2D eigenvalue weighted by atomic mass is 10.1. The highest BCUT2D eigenvalue weighted by molar-refractivity contribution is 6.17. The summed E-state index contributed by atoms with van der Waals surface area (Å²) in [4.78, 5) is 0. The number of allylic oxidation sites excluding steroid dienone is 2. The topological polar surface area (TPSA) is 18.5 Å². The fourth-order valence-corrected chi connectivity index (χ4v) is 3.74. The summed E-state index contributed by atoms with van der Waals surface area (Å²) in [6.45, 7) is 6.26. The molecule has 2 nitrogen and oxygen atoms in total. The minimum absolute atomic E-state index is 0.00977. The molecule has 0 spiro atoms. The van der Waals surface area contributed by atoms with Crippen molar-refractivity contribution in [1.82, 2.24) is 0 Å². The molecule has 0 saturated carbocycles. The first-order chi connectivity index (χ1) is 14.8. The van der Waals surface area contributed by atoms with Gasteiger partial charge in [-0.1, -0.05) is 96.6 Å². The summed E-state index contributed by atoms with van der Waals surface area (Å²) in [5.74, 6) is 0.767. The normalized spacial score (nSPS) is 11.9. The quantitative estimate of drug-likeness (QED) is 0.0603. The van der Waals surface area contributed by atoms with Crippen LogP contribution in [0.4, 0.5) is 0 Å². The molecule has 180 valence electrons. The van der Waals surface area contributed by atoms with Gasteiger partial charge in [-0.2, -0.15) is 0 Å². The molecule has 0 aliphatic rings. The molecule has 0 heterocycles. The Hall–Kier alpha value is -0.0500. The highest BCUT2D eigenvalue weighted by Gasteiger charge is 2.09. The van der Waals surface area contributed by atoms with Gasteiger partial charge in [0.15, 0.2) is 6.29 Å². The molecule has 0 atom stereocenters. The van der Waals surface area contributed by atoms with Gasteiger partial charge in [-0.25, -0.2) is 0 Å². The van der Waals surface area contributed by atoms with Crippen LogP contribution in [0, 0.1) is 0 Å². The van der Waals surface area contributed by atoms with Crippen molar-refractivity contribution in [3.63, 3.8) is 0 Å². The Morgan fingerprint density at radius 1 is 0.567 bits per heavy atom. The predicted molar refractivity (Wildman–Crippen MR) is 135 cm³/mol. The zero-order chi connectivity index (χ0) is 22.0. The molecule has 0 radical (unpaired) electrons. The van der Waals surface area contributed by atoms with Crippen molar-refractivity contribution in [3.8, 4) is 0 Å². The zero-order valence-electron chi connectivity index (χ0n) is 20.5. The lowest BCUT2D eigenvalue weighted by Crippen LogP contribution is -2.19. The van der Waals surface area contributed by atoms with E-state index in [0.717, 1.165) is 38.4 Å². The van der Waals surface area contributed by atoms with Crippen LogP contribution in [0.15, 0.2) is 12.2 Å². The number of hydrogen-bond donors (Lipinski definition) is 0. The third-order valence-corrected chi connectivity index (χ3v) is 5.85. The standard InChI is InChI=1S/C27H53ClO2/c1-3-5-7-9-17-21-25-29-27(30-26-22-18-10-8-6-4-2)23-19-15-13-11-12-14-16-20-24-28/h12,14,27H,3-11,13,15-26H2,1-2H3/b14-12-. The molecule has 0 aromatic carbocycles. The van der Waals surface area contributed by atoms with Gasteiger partial charge in [0.05, 0.1) is 0 Å². The van der Waals surface area contributed by atoms with Crippen LogP contribution in [-0.2, 0) is 9.47 Å². The first kappa shape index (κ1) is 29.9. The van der Waals surface area contributed by atoms with E-state index in [-0.39, 0.29) is 6.29 Å². The van der Waals surface area contributed by atoms with Gasteiger partial charge in [0.1, 0.15) is 0 Å². The van der Waals surface area contributed by atoms with Gasteiger partial charge >= 0.3 is 0 Å². The monoisotopic (exact) mass is 444 g/mol. The molecule has 0 aliphatic carbocycles. The first-order valence-corrected chi connectivity index (χ1v) is 13.8. The second-order valence-electron chi connectivity index (χ2n) is 8.65. The molecule has 3 heteroatoms. The van der Waals surface area contributed by atoms with Gasteiger partial charge in [-0.3, -0.25) is 0 Å². The van der Waals surface area contributed by atoms with E-state index in [1.54, 1.807) is 0 Å². The maximum Gasteiger partial charge on any atom is 0.157 e. The average molecular weight is 445 g/mol. The van der Waals surface area contributed by atoms with Crippen molar-refractivity contribution in [2.24, 2.45) is 0 Å². The molecule has 0 aromatic rings. The molecule has 0 N–H and O–H groups in total. The fourth-order valence-electron chi connectivity index (χ4n) is 3.59. The van der Waals surface area contributed by atoms with Crippen LogP contribution >= 0.6 is 11.6 Å². The second kappa shape index (κ2) is 27.0. The molecule has 30 heavy (non-hydrogen) atoms. The van der Waals surface area contributed by atoms with Crippen LogP contribution in [0.3, 0.4) is 0 Å². The minimum atomic E-state index is 0.00977. The third-order valence-electron chi connectivity index (χ3n) is 5.58. The Morgan fingerprint density at radius 2 is 1.03 bits per heavy atom. The van der Waals surface area contributed by atoms with E-state index in [1.807, 2.05) is 0 Å². The summed E-state index contributed by atoms with van der Waals surface area (Å²) in [5.41, 5.74) is 0. The highest BCUT2D eigenvalue weighted by Crippen LogP contribution is 2.13. The zero-order valence-corrected chi connectivity index (χ0v) is 21.2. The summed E-state index contributed by atoms with van der Waals surface area (Å²) < 4.78 is 12.2. The molecular formula is C27H53ClO2. The van der Waals surface area contributed by atoms with Crippen LogP contribution in [0.1, 0.15) is 136 Å². The van der Waals surface area contributed by atoms with Gasteiger partial charge in [-0.15, -0.1) is 11.6 Å². The van der Waals surface area contributed by atoms with Crippen molar-refractivity contribution in [1.29, 1.82) is 0 Å². The van der Waals surface area contributed by atoms with Crippen molar-refractivity contribution < 1.29 is 9.47 Å². The summed E-state index contributed by atoms with van der Waals surface area (Å²) >= 11 is 5.70. The Bertz CT molecular complexity index is 315. The summed E-state index contributed by atoms with van der Waals surface area (Å²) in [6, 6.07) is 0. The number of ether oxygens (including phenoxy) is 2. The van der Waals surface area contributed by atoms with E-state index in [4.69, 9.17) is 21.1 Å². The average Bonchev–Trinajstić information content (AvgIpc) is 2.76. The van der Waals surface area contributed by atoms with Gasteiger partial charge < -0.3 is 9.47 Å². The van der Waals surface area contributed by atoms with E-state index in [2.05, 4.69) is 26.0 Å². The molecule has 0 aliphatic heterocycles. The Balaban J connectivity index is 3.86. The van der Waals surface area contributed by atoms with Crippen molar-refractivity contribution >= 4 is 11.6 Å².